The first-order valence-corrected chi connectivity index (χ1v) is 8.61. The summed E-state index contributed by atoms with van der Waals surface area (Å²) in [7, 11) is 3.99. The number of halogens is 1. The summed E-state index contributed by atoms with van der Waals surface area (Å²) in [6.45, 7) is 0.597. The molecule has 1 aromatic heterocycles. The molecule has 1 atom stereocenters. The van der Waals surface area contributed by atoms with E-state index in [0.717, 1.165) is 5.56 Å². The van der Waals surface area contributed by atoms with Crippen LogP contribution in [0.1, 0.15) is 22.0 Å². The van der Waals surface area contributed by atoms with Gasteiger partial charge in [-0.05, 0) is 31.8 Å². The monoisotopic (exact) mass is 369 g/mol. The molecule has 0 saturated heterocycles. The van der Waals surface area contributed by atoms with Gasteiger partial charge < -0.3 is 14.6 Å². The highest BCUT2D eigenvalue weighted by molar-refractivity contribution is 6.31. The highest BCUT2D eigenvalue weighted by Gasteiger charge is 2.21. The van der Waals surface area contributed by atoms with Gasteiger partial charge in [0.1, 0.15) is 5.82 Å². The summed E-state index contributed by atoms with van der Waals surface area (Å²) < 4.78 is 1.97. The highest BCUT2D eigenvalue weighted by atomic mass is 35.5. The summed E-state index contributed by atoms with van der Waals surface area (Å²) in [5.74, 6) is -0.340. The van der Waals surface area contributed by atoms with E-state index in [2.05, 4.69) is 9.88 Å². The Kier molecular flexibility index (Phi) is 5.40. The van der Waals surface area contributed by atoms with Gasteiger partial charge in [-0.25, -0.2) is 9.78 Å². The normalized spacial score (nSPS) is 12.3. The van der Waals surface area contributed by atoms with Crippen molar-refractivity contribution >= 4 is 17.6 Å². The fourth-order valence-corrected chi connectivity index (χ4v) is 3.30. The van der Waals surface area contributed by atoms with Gasteiger partial charge >= 0.3 is 5.97 Å². The number of aromatic carboxylic acids is 1. The first-order valence-electron chi connectivity index (χ1n) is 8.23. The molecule has 0 aliphatic carbocycles. The number of likely N-dealkylation sites (N-methyl/N-ethyl adjacent to an activating group) is 1. The van der Waals surface area contributed by atoms with Crippen molar-refractivity contribution in [2.24, 2.45) is 0 Å². The van der Waals surface area contributed by atoms with Gasteiger partial charge in [0.25, 0.3) is 0 Å². The van der Waals surface area contributed by atoms with Crippen molar-refractivity contribution in [1.82, 2.24) is 14.5 Å². The largest absolute Gasteiger partial charge is 0.478 e. The summed E-state index contributed by atoms with van der Waals surface area (Å²) in [6, 6.07) is 14.7. The van der Waals surface area contributed by atoms with Gasteiger partial charge in [-0.15, -0.1) is 0 Å². The summed E-state index contributed by atoms with van der Waals surface area (Å²) in [6.07, 6.45) is 3.55. The number of aromatic nitrogens is 2. The molecule has 0 amide bonds. The van der Waals surface area contributed by atoms with Crippen LogP contribution in [0.4, 0.5) is 0 Å². The van der Waals surface area contributed by atoms with Gasteiger partial charge in [0, 0.05) is 29.5 Å². The molecule has 134 valence electrons. The lowest BCUT2D eigenvalue weighted by molar-refractivity contribution is 0.0697. The van der Waals surface area contributed by atoms with Gasteiger partial charge in [-0.3, -0.25) is 0 Å². The van der Waals surface area contributed by atoms with E-state index in [-0.39, 0.29) is 11.6 Å². The number of rotatable bonds is 6. The van der Waals surface area contributed by atoms with Gasteiger partial charge in [0.2, 0.25) is 0 Å². The molecule has 0 spiro atoms. The predicted molar refractivity (Wildman–Crippen MR) is 103 cm³/mol. The zero-order valence-corrected chi connectivity index (χ0v) is 15.4. The third kappa shape index (κ3) is 3.64. The Labute approximate surface area is 157 Å². The molecule has 5 nitrogen and oxygen atoms in total. The maximum Gasteiger partial charge on any atom is 0.336 e. The summed E-state index contributed by atoms with van der Waals surface area (Å²) in [5.41, 5.74) is 1.85. The number of benzene rings is 2. The lowest BCUT2D eigenvalue weighted by Gasteiger charge is -2.27. The summed E-state index contributed by atoms with van der Waals surface area (Å²) in [5, 5.41) is 10.2. The minimum atomic E-state index is -0.967. The second-order valence-electron chi connectivity index (χ2n) is 6.25. The SMILES string of the molecule is CN(C)[C@H](Cn1ccnc1-c1ccccc1C(=O)O)c1ccccc1Cl. The van der Waals surface area contributed by atoms with E-state index >= 15 is 0 Å². The van der Waals surface area contributed by atoms with E-state index in [9.17, 15) is 9.90 Å². The average molecular weight is 370 g/mol. The molecule has 3 rings (SSSR count). The minimum Gasteiger partial charge on any atom is -0.478 e. The van der Waals surface area contributed by atoms with Crippen LogP contribution in [-0.4, -0.2) is 39.6 Å². The van der Waals surface area contributed by atoms with Gasteiger partial charge in [-0.1, -0.05) is 48.0 Å². The number of nitrogens with zero attached hydrogens (tertiary/aromatic N) is 3. The number of carboxylic acid groups (broad SMARTS) is 1. The fraction of sp³-hybridized carbons (Fsp3) is 0.200. The van der Waals surface area contributed by atoms with Crippen LogP contribution in [0.5, 0.6) is 0 Å². The van der Waals surface area contributed by atoms with Crippen LogP contribution >= 0.6 is 11.6 Å². The predicted octanol–water partition coefficient (Wildman–Crippen LogP) is 4.20. The van der Waals surface area contributed by atoms with Gasteiger partial charge in [0.05, 0.1) is 11.6 Å². The van der Waals surface area contributed by atoms with Crippen molar-refractivity contribution in [3.8, 4) is 11.4 Å². The number of hydrogen-bond donors (Lipinski definition) is 1. The van der Waals surface area contributed by atoms with Crippen molar-refractivity contribution in [3.05, 3.63) is 77.1 Å². The van der Waals surface area contributed by atoms with Crippen molar-refractivity contribution < 1.29 is 9.90 Å². The van der Waals surface area contributed by atoms with E-state index in [1.807, 2.05) is 55.2 Å². The van der Waals surface area contributed by atoms with Crippen LogP contribution in [0.3, 0.4) is 0 Å². The molecule has 0 unspecified atom stereocenters. The fourth-order valence-electron chi connectivity index (χ4n) is 3.04. The van der Waals surface area contributed by atoms with Gasteiger partial charge in [-0.2, -0.15) is 0 Å². The molecule has 0 aliphatic rings. The smallest absolute Gasteiger partial charge is 0.336 e. The molecule has 1 N–H and O–H groups in total. The second kappa shape index (κ2) is 7.72. The van der Waals surface area contributed by atoms with E-state index in [4.69, 9.17) is 11.6 Å². The molecule has 2 aromatic carbocycles. The van der Waals surface area contributed by atoms with E-state index in [1.54, 1.807) is 24.4 Å². The molecule has 6 heteroatoms. The molecular weight excluding hydrogens is 350 g/mol. The average Bonchev–Trinajstić information content (AvgIpc) is 3.08. The van der Waals surface area contributed by atoms with Crippen LogP contribution < -0.4 is 0 Å². The molecule has 0 radical (unpaired) electrons. The number of hydrogen-bond acceptors (Lipinski definition) is 3. The van der Waals surface area contributed by atoms with Crippen molar-refractivity contribution in [2.45, 2.75) is 12.6 Å². The van der Waals surface area contributed by atoms with Crippen molar-refractivity contribution in [2.75, 3.05) is 14.1 Å². The number of carbonyl (C=O) groups is 1. The van der Waals surface area contributed by atoms with Crippen LogP contribution in [-0.2, 0) is 6.54 Å². The van der Waals surface area contributed by atoms with Crippen LogP contribution in [0.25, 0.3) is 11.4 Å². The Morgan fingerprint density at radius 1 is 1.19 bits per heavy atom. The molecule has 26 heavy (non-hydrogen) atoms. The Balaban J connectivity index is 2.01. The lowest BCUT2D eigenvalue weighted by Crippen LogP contribution is -2.25. The Morgan fingerprint density at radius 2 is 1.88 bits per heavy atom. The molecule has 3 aromatic rings. The molecule has 0 fully saturated rings. The minimum absolute atomic E-state index is 0.0219. The topological polar surface area (TPSA) is 58.4 Å². The standard InChI is InChI=1S/C20H20ClN3O2/c1-23(2)18(16-9-5-6-10-17(16)21)13-24-12-11-22-19(24)14-7-3-4-8-15(14)20(25)26/h3-12,18H,13H2,1-2H3,(H,25,26)/t18-/m1/s1. The molecule has 1 heterocycles. The maximum absolute atomic E-state index is 11.6. The van der Waals surface area contributed by atoms with Crippen LogP contribution in [0, 0.1) is 0 Å². The third-order valence-corrected chi connectivity index (χ3v) is 4.72. The molecule has 0 saturated carbocycles. The summed E-state index contributed by atoms with van der Waals surface area (Å²) >= 11 is 6.40. The van der Waals surface area contributed by atoms with Crippen molar-refractivity contribution in [3.63, 3.8) is 0 Å². The summed E-state index contributed by atoms with van der Waals surface area (Å²) in [4.78, 5) is 18.1. The van der Waals surface area contributed by atoms with Crippen LogP contribution in [0.2, 0.25) is 5.02 Å². The lowest BCUT2D eigenvalue weighted by atomic mass is 10.0. The van der Waals surface area contributed by atoms with Gasteiger partial charge in [0.15, 0.2) is 0 Å². The van der Waals surface area contributed by atoms with Crippen molar-refractivity contribution in [1.29, 1.82) is 0 Å². The third-order valence-electron chi connectivity index (χ3n) is 4.37. The van der Waals surface area contributed by atoms with Crippen LogP contribution in [0.15, 0.2) is 60.9 Å². The van der Waals surface area contributed by atoms with E-state index in [0.29, 0.717) is 23.0 Å². The van der Waals surface area contributed by atoms with E-state index in [1.165, 1.54) is 0 Å². The zero-order valence-electron chi connectivity index (χ0n) is 14.6. The quantitative estimate of drug-likeness (QED) is 0.707. The number of carboxylic acids is 1. The Morgan fingerprint density at radius 3 is 2.58 bits per heavy atom. The highest BCUT2D eigenvalue weighted by Crippen LogP contribution is 2.30. The Bertz CT molecular complexity index is 921. The second-order valence-corrected chi connectivity index (χ2v) is 6.66. The Hall–Kier alpha value is -2.63. The van der Waals surface area contributed by atoms with E-state index < -0.39 is 5.97 Å². The zero-order chi connectivity index (χ0) is 18.7. The number of imidazole rings is 1. The maximum atomic E-state index is 11.6. The molecular formula is C20H20ClN3O2. The first kappa shape index (κ1) is 18.2. The first-order chi connectivity index (χ1) is 12.5. The molecule has 0 bridgehead atoms. The molecule has 0 aliphatic heterocycles.